The average Bonchev–Trinajstić information content (AvgIpc) is 3.95. The highest BCUT2D eigenvalue weighted by Gasteiger charge is 2.51. The van der Waals surface area contributed by atoms with Crippen molar-refractivity contribution < 1.29 is 28.7 Å². The van der Waals surface area contributed by atoms with E-state index in [1.54, 1.807) is 19.1 Å². The summed E-state index contributed by atoms with van der Waals surface area (Å²) in [6, 6.07) is 23.9. The summed E-state index contributed by atoms with van der Waals surface area (Å²) in [6.45, 7) is 4.67. The molecule has 3 aliphatic heterocycles. The number of ether oxygens (including phenoxy) is 1. The fraction of sp³-hybridized carbons (Fsp3) is 0.439. The van der Waals surface area contributed by atoms with Gasteiger partial charge in [0.25, 0.3) is 0 Å². The number of hydrogen-bond donors (Lipinski definition) is 5. The third-order valence-electron chi connectivity index (χ3n) is 10.3. The summed E-state index contributed by atoms with van der Waals surface area (Å²) >= 11 is 0. The van der Waals surface area contributed by atoms with E-state index in [1.165, 1.54) is 5.56 Å². The number of rotatable bonds is 7. The zero-order valence-electron chi connectivity index (χ0n) is 30.3. The SMILES string of the molecule is C[C@@H]1NC(=O)[C@@H](NC(=O)CC2CCN(Cc3ccccc3)CC2)Cc2ccc(cc2)OCCNC(=O)C2(CC2)NC(=O)[C@@H](Cc2ccccc2)NC1=O. The molecule has 0 radical (unpaired) electrons. The van der Waals surface area contributed by atoms with Gasteiger partial charge in [0.1, 0.15) is 36.0 Å². The molecule has 53 heavy (non-hydrogen) atoms. The lowest BCUT2D eigenvalue weighted by Gasteiger charge is -2.32. The van der Waals surface area contributed by atoms with Crippen LogP contribution < -0.4 is 31.3 Å². The summed E-state index contributed by atoms with van der Waals surface area (Å²) in [4.78, 5) is 70.0. The van der Waals surface area contributed by atoms with Gasteiger partial charge in [0.05, 0.1) is 6.54 Å². The van der Waals surface area contributed by atoms with Gasteiger partial charge in [-0.1, -0.05) is 72.8 Å². The highest BCUT2D eigenvalue weighted by molar-refractivity contribution is 5.98. The summed E-state index contributed by atoms with van der Waals surface area (Å²) in [7, 11) is 0. The minimum absolute atomic E-state index is 0.185. The molecule has 0 unspecified atom stereocenters. The normalized spacial score (nSPS) is 23.2. The van der Waals surface area contributed by atoms with Gasteiger partial charge in [-0.25, -0.2) is 0 Å². The van der Waals surface area contributed by atoms with Crippen molar-refractivity contribution in [2.75, 3.05) is 26.2 Å². The lowest BCUT2D eigenvalue weighted by atomic mass is 9.92. The predicted molar refractivity (Wildman–Crippen MR) is 199 cm³/mol. The van der Waals surface area contributed by atoms with Crippen molar-refractivity contribution in [2.45, 2.75) is 82.1 Å². The first-order valence-corrected chi connectivity index (χ1v) is 18.7. The van der Waals surface area contributed by atoms with Gasteiger partial charge < -0.3 is 31.3 Å². The molecule has 12 nitrogen and oxygen atoms in total. The summed E-state index contributed by atoms with van der Waals surface area (Å²) < 4.78 is 5.84. The van der Waals surface area contributed by atoms with Crippen LogP contribution >= 0.6 is 0 Å². The van der Waals surface area contributed by atoms with Gasteiger partial charge in [-0.05, 0) is 80.4 Å². The number of benzene rings is 3. The lowest BCUT2D eigenvalue weighted by Crippen LogP contribution is -2.59. The van der Waals surface area contributed by atoms with E-state index < -0.39 is 41.4 Å². The Bertz CT molecular complexity index is 1720. The summed E-state index contributed by atoms with van der Waals surface area (Å²) in [6.07, 6.45) is 3.41. The van der Waals surface area contributed by atoms with Crippen LogP contribution in [0.3, 0.4) is 0 Å². The molecule has 2 bridgehead atoms. The van der Waals surface area contributed by atoms with Gasteiger partial charge in [-0.3, -0.25) is 28.9 Å². The third-order valence-corrected chi connectivity index (χ3v) is 10.3. The van der Waals surface area contributed by atoms with Crippen molar-refractivity contribution in [2.24, 2.45) is 5.92 Å². The van der Waals surface area contributed by atoms with Crippen LogP contribution in [0, 0.1) is 5.92 Å². The van der Waals surface area contributed by atoms with Crippen LogP contribution in [0.25, 0.3) is 0 Å². The van der Waals surface area contributed by atoms with Crippen molar-refractivity contribution >= 4 is 29.5 Å². The van der Waals surface area contributed by atoms with Crippen LogP contribution in [0.2, 0.25) is 0 Å². The van der Waals surface area contributed by atoms with E-state index in [2.05, 4.69) is 43.6 Å². The number of likely N-dealkylation sites (tertiary alicyclic amines) is 1. The van der Waals surface area contributed by atoms with Gasteiger partial charge >= 0.3 is 0 Å². The van der Waals surface area contributed by atoms with Gasteiger partial charge in [-0.15, -0.1) is 0 Å². The standard InChI is InChI=1S/C41H50N6O6/c1-28-37(49)45-35(24-29-8-4-2-5-9-29)39(51)46-41(18-19-41)40(52)42-20-23-53-33-14-12-30(13-15-33)25-34(38(50)43-28)44-36(48)26-31-16-21-47(22-17-31)27-32-10-6-3-7-11-32/h2-15,28,31,34-35H,16-27H2,1H3,(H,42,52)(H,43,50)(H,44,48)(H,45,49)(H,46,51)/t28-,34-,35+/m0/s1. The number of carbonyl (C=O) groups excluding carboxylic acids is 5. The molecule has 1 saturated carbocycles. The molecule has 1 aliphatic carbocycles. The van der Waals surface area contributed by atoms with Crippen LogP contribution in [0.1, 0.15) is 55.7 Å². The van der Waals surface area contributed by atoms with Crippen molar-refractivity contribution in [3.8, 4) is 5.75 Å². The Hall–Kier alpha value is -5.23. The number of carbonyl (C=O) groups is 5. The molecule has 0 aromatic heterocycles. The molecule has 5 N–H and O–H groups in total. The topological polar surface area (TPSA) is 158 Å². The maximum absolute atomic E-state index is 13.8. The van der Waals surface area contributed by atoms with Crippen molar-refractivity contribution in [1.82, 2.24) is 31.5 Å². The van der Waals surface area contributed by atoms with Gasteiger partial charge in [0, 0.05) is 25.8 Å². The molecule has 7 rings (SSSR count). The van der Waals surface area contributed by atoms with Gasteiger partial charge in [-0.2, -0.15) is 0 Å². The van der Waals surface area contributed by atoms with Crippen molar-refractivity contribution in [3.63, 3.8) is 0 Å². The molecule has 3 heterocycles. The Morgan fingerprint density at radius 2 is 1.49 bits per heavy atom. The van der Waals surface area contributed by atoms with E-state index in [4.69, 9.17) is 4.74 Å². The Kier molecular flexibility index (Phi) is 12.4. The minimum Gasteiger partial charge on any atom is -0.492 e. The number of hydrogen-bond acceptors (Lipinski definition) is 7. The molecule has 2 fully saturated rings. The number of piperidine rings is 1. The van der Waals surface area contributed by atoms with Crippen LogP contribution in [0.4, 0.5) is 0 Å². The largest absolute Gasteiger partial charge is 0.492 e. The number of amides is 5. The average molecular weight is 723 g/mol. The van der Waals surface area contributed by atoms with Crippen LogP contribution in [0.15, 0.2) is 84.9 Å². The number of nitrogens with one attached hydrogen (secondary N) is 5. The van der Waals surface area contributed by atoms with Gasteiger partial charge in [0.2, 0.25) is 29.5 Å². The van der Waals surface area contributed by atoms with Gasteiger partial charge in [0.15, 0.2) is 0 Å². The Labute approximate surface area is 310 Å². The van der Waals surface area contributed by atoms with Crippen LogP contribution in [0.5, 0.6) is 5.75 Å². The summed E-state index contributed by atoms with van der Waals surface area (Å²) in [5, 5.41) is 14.3. The number of fused-ring (bicyclic) bond motifs is 15. The monoisotopic (exact) mass is 722 g/mol. The molecule has 12 heteroatoms. The number of nitrogens with zero attached hydrogens (tertiary/aromatic N) is 1. The second-order valence-corrected chi connectivity index (χ2v) is 14.5. The molecule has 1 saturated heterocycles. The Balaban J connectivity index is 1.13. The maximum atomic E-state index is 13.8. The van der Waals surface area contributed by atoms with Crippen LogP contribution in [-0.4, -0.2) is 84.3 Å². The smallest absolute Gasteiger partial charge is 0.245 e. The lowest BCUT2D eigenvalue weighted by molar-refractivity contribution is -0.134. The molecule has 1 spiro atoms. The molecule has 3 aromatic carbocycles. The van der Waals surface area contributed by atoms with E-state index in [-0.39, 0.29) is 43.7 Å². The summed E-state index contributed by atoms with van der Waals surface area (Å²) in [5.41, 5.74) is 1.83. The molecular formula is C41H50N6O6. The third kappa shape index (κ3) is 10.7. The molecule has 4 aliphatic rings. The first-order valence-electron chi connectivity index (χ1n) is 18.7. The zero-order chi connectivity index (χ0) is 37.2. The zero-order valence-corrected chi connectivity index (χ0v) is 30.3. The molecule has 280 valence electrons. The molecule has 3 atom stereocenters. The molecule has 3 aromatic rings. The van der Waals surface area contributed by atoms with E-state index in [9.17, 15) is 24.0 Å². The maximum Gasteiger partial charge on any atom is 0.245 e. The quantitative estimate of drug-likeness (QED) is 0.235. The van der Waals surface area contributed by atoms with E-state index in [0.717, 1.165) is 43.6 Å². The van der Waals surface area contributed by atoms with E-state index >= 15 is 0 Å². The second kappa shape index (κ2) is 17.5. The second-order valence-electron chi connectivity index (χ2n) is 14.5. The Morgan fingerprint density at radius 1 is 0.830 bits per heavy atom. The fourth-order valence-corrected chi connectivity index (χ4v) is 6.97. The predicted octanol–water partition coefficient (Wildman–Crippen LogP) is 2.41. The van der Waals surface area contributed by atoms with Crippen LogP contribution in [-0.2, 0) is 43.4 Å². The first-order chi connectivity index (χ1) is 25.7. The highest BCUT2D eigenvalue weighted by Crippen LogP contribution is 2.35. The fourth-order valence-electron chi connectivity index (χ4n) is 6.97. The molecular weight excluding hydrogens is 672 g/mol. The minimum atomic E-state index is -1.05. The molecule has 5 amide bonds. The van der Waals surface area contributed by atoms with E-state index in [1.807, 2.05) is 60.7 Å². The highest BCUT2D eigenvalue weighted by atomic mass is 16.5. The Morgan fingerprint density at radius 3 is 2.15 bits per heavy atom. The summed E-state index contributed by atoms with van der Waals surface area (Å²) in [5.74, 6) is -1.29. The van der Waals surface area contributed by atoms with E-state index in [0.29, 0.717) is 25.0 Å². The first kappa shape index (κ1) is 37.5. The van der Waals surface area contributed by atoms with Crippen molar-refractivity contribution in [1.29, 1.82) is 0 Å². The van der Waals surface area contributed by atoms with Crippen molar-refractivity contribution in [3.05, 3.63) is 102 Å².